The van der Waals surface area contributed by atoms with Crippen LogP contribution >= 0.6 is 0 Å². The predicted octanol–water partition coefficient (Wildman–Crippen LogP) is 3.29. The van der Waals surface area contributed by atoms with Crippen molar-refractivity contribution in [3.05, 3.63) is 18.2 Å². The van der Waals surface area contributed by atoms with E-state index in [-0.39, 0.29) is 16.7 Å². The Kier molecular flexibility index (Phi) is 3.61. The fourth-order valence-electron chi connectivity index (χ4n) is 2.44. The molecule has 4 nitrogen and oxygen atoms in total. The van der Waals surface area contributed by atoms with Crippen molar-refractivity contribution in [2.75, 3.05) is 5.32 Å². The molecular formula is C15H23N3O. The summed E-state index contributed by atoms with van der Waals surface area (Å²) in [5.74, 6) is 0.884. The van der Waals surface area contributed by atoms with Gasteiger partial charge in [-0.2, -0.15) is 0 Å². The largest absolute Gasteiger partial charge is 0.323 e. The van der Waals surface area contributed by atoms with E-state index >= 15 is 0 Å². The molecule has 1 N–H and O–H groups in total. The summed E-state index contributed by atoms with van der Waals surface area (Å²) in [5.41, 5.74) is 0.397. The van der Waals surface area contributed by atoms with E-state index in [4.69, 9.17) is 0 Å². The summed E-state index contributed by atoms with van der Waals surface area (Å²) < 4.78 is 0. The molecule has 104 valence electrons. The molecule has 0 aromatic carbocycles. The third-order valence-corrected chi connectivity index (χ3v) is 3.84. The fourth-order valence-corrected chi connectivity index (χ4v) is 2.44. The average Bonchev–Trinajstić information content (AvgIpc) is 2.77. The highest BCUT2D eigenvalue weighted by atomic mass is 16.2. The number of nitrogens with zero attached hydrogens (tertiary/aromatic N) is 2. The van der Waals surface area contributed by atoms with Gasteiger partial charge in [-0.25, -0.2) is 9.97 Å². The second-order valence-corrected chi connectivity index (χ2v) is 6.77. The van der Waals surface area contributed by atoms with Crippen molar-refractivity contribution >= 4 is 11.6 Å². The van der Waals surface area contributed by atoms with Crippen LogP contribution in [0.5, 0.6) is 0 Å². The summed E-state index contributed by atoms with van der Waals surface area (Å²) in [7, 11) is 0. The van der Waals surface area contributed by atoms with E-state index in [0.29, 0.717) is 5.69 Å². The van der Waals surface area contributed by atoms with E-state index in [9.17, 15) is 4.79 Å². The maximum Gasteiger partial charge on any atom is 0.230 e. The molecule has 1 saturated carbocycles. The Labute approximate surface area is 115 Å². The number of amides is 1. The second kappa shape index (κ2) is 4.91. The number of anilines is 1. The van der Waals surface area contributed by atoms with Gasteiger partial charge in [-0.3, -0.25) is 4.79 Å². The van der Waals surface area contributed by atoms with E-state index < -0.39 is 0 Å². The first-order valence-corrected chi connectivity index (χ1v) is 6.95. The minimum absolute atomic E-state index is 0.0695. The van der Waals surface area contributed by atoms with Gasteiger partial charge in [0.25, 0.3) is 0 Å². The topological polar surface area (TPSA) is 54.9 Å². The van der Waals surface area contributed by atoms with E-state index in [1.165, 1.54) is 0 Å². The first kappa shape index (κ1) is 14.0. The Balaban J connectivity index is 2.06. The van der Waals surface area contributed by atoms with Crippen molar-refractivity contribution in [1.29, 1.82) is 0 Å². The Morgan fingerprint density at radius 3 is 2.21 bits per heavy atom. The number of nitrogens with one attached hydrogen (secondary N) is 1. The van der Waals surface area contributed by atoms with Crippen LogP contribution in [0.4, 0.5) is 5.69 Å². The molecule has 1 aliphatic rings. The molecule has 2 rings (SSSR count). The lowest BCUT2D eigenvalue weighted by atomic mass is 9.88. The van der Waals surface area contributed by atoms with Crippen LogP contribution in [0.3, 0.4) is 0 Å². The molecule has 1 aromatic rings. The third kappa shape index (κ3) is 3.11. The molecule has 0 spiro atoms. The van der Waals surface area contributed by atoms with Gasteiger partial charge in [0.1, 0.15) is 5.82 Å². The molecule has 0 aliphatic heterocycles. The second-order valence-electron chi connectivity index (χ2n) is 6.77. The molecule has 1 fully saturated rings. The highest BCUT2D eigenvalue weighted by molar-refractivity contribution is 5.94. The van der Waals surface area contributed by atoms with Crippen molar-refractivity contribution < 1.29 is 4.79 Å². The van der Waals surface area contributed by atoms with Crippen molar-refractivity contribution in [3.63, 3.8) is 0 Å². The molecule has 19 heavy (non-hydrogen) atoms. The van der Waals surface area contributed by atoms with Crippen LogP contribution in [-0.2, 0) is 10.2 Å². The van der Waals surface area contributed by atoms with Crippen LogP contribution in [0.1, 0.15) is 59.2 Å². The van der Waals surface area contributed by atoms with Gasteiger partial charge in [0, 0.05) is 10.8 Å². The van der Waals surface area contributed by atoms with Crippen molar-refractivity contribution in [2.24, 2.45) is 5.41 Å². The molecule has 1 amide bonds. The molecule has 1 aromatic heterocycles. The van der Waals surface area contributed by atoms with E-state index in [0.717, 1.165) is 31.5 Å². The van der Waals surface area contributed by atoms with Gasteiger partial charge in [0.2, 0.25) is 5.91 Å². The lowest BCUT2D eigenvalue weighted by Crippen LogP contribution is -2.31. The average molecular weight is 261 g/mol. The first-order chi connectivity index (χ1) is 8.81. The summed E-state index contributed by atoms with van der Waals surface area (Å²) >= 11 is 0. The number of rotatable bonds is 2. The zero-order valence-corrected chi connectivity index (χ0v) is 12.3. The molecule has 0 radical (unpaired) electrons. The minimum atomic E-state index is -0.220. The molecule has 1 heterocycles. The lowest BCUT2D eigenvalue weighted by molar-refractivity contribution is -0.124. The number of carbonyl (C=O) groups is 1. The molecule has 0 atom stereocenters. The number of hydrogen-bond donors (Lipinski definition) is 1. The van der Waals surface area contributed by atoms with Crippen molar-refractivity contribution in [3.8, 4) is 0 Å². The molecule has 0 saturated heterocycles. The number of carbonyl (C=O) groups excluding carboxylic acids is 1. The van der Waals surface area contributed by atoms with Gasteiger partial charge in [-0.15, -0.1) is 0 Å². The number of hydrogen-bond acceptors (Lipinski definition) is 3. The van der Waals surface area contributed by atoms with Crippen LogP contribution < -0.4 is 5.32 Å². The van der Waals surface area contributed by atoms with E-state index in [1.54, 1.807) is 12.4 Å². The Morgan fingerprint density at radius 2 is 1.74 bits per heavy atom. The smallest absolute Gasteiger partial charge is 0.230 e. The molecular weight excluding hydrogens is 238 g/mol. The quantitative estimate of drug-likeness (QED) is 0.888. The minimum Gasteiger partial charge on any atom is -0.323 e. The predicted molar refractivity (Wildman–Crippen MR) is 75.9 cm³/mol. The SMILES string of the molecule is CC1(C(=O)Nc2cnc(C(C)(C)C)nc2)CCCC1. The van der Waals surface area contributed by atoms with Crippen LogP contribution in [0.2, 0.25) is 0 Å². The van der Waals surface area contributed by atoms with Crippen LogP contribution in [0.15, 0.2) is 12.4 Å². The molecule has 0 bridgehead atoms. The standard InChI is InChI=1S/C15H23N3O/c1-14(2,3)12-16-9-11(10-17-12)18-13(19)15(4)7-5-6-8-15/h9-10H,5-8H2,1-4H3,(H,18,19). The lowest BCUT2D eigenvalue weighted by Gasteiger charge is -2.22. The summed E-state index contributed by atoms with van der Waals surface area (Å²) in [4.78, 5) is 20.9. The summed E-state index contributed by atoms with van der Waals surface area (Å²) in [6.07, 6.45) is 7.62. The molecule has 0 unspecified atom stereocenters. The van der Waals surface area contributed by atoms with Gasteiger partial charge < -0.3 is 5.32 Å². The molecule has 4 heteroatoms. The van der Waals surface area contributed by atoms with Gasteiger partial charge in [-0.05, 0) is 12.8 Å². The fraction of sp³-hybridized carbons (Fsp3) is 0.667. The van der Waals surface area contributed by atoms with E-state index in [2.05, 4.69) is 36.1 Å². The van der Waals surface area contributed by atoms with Gasteiger partial charge >= 0.3 is 0 Å². The Hall–Kier alpha value is -1.45. The Bertz CT molecular complexity index is 453. The van der Waals surface area contributed by atoms with Crippen molar-refractivity contribution in [1.82, 2.24) is 9.97 Å². The van der Waals surface area contributed by atoms with Crippen LogP contribution in [0.25, 0.3) is 0 Å². The summed E-state index contributed by atoms with van der Waals surface area (Å²) in [6.45, 7) is 8.25. The third-order valence-electron chi connectivity index (χ3n) is 3.84. The summed E-state index contributed by atoms with van der Waals surface area (Å²) in [5, 5.41) is 2.94. The Morgan fingerprint density at radius 1 is 1.21 bits per heavy atom. The van der Waals surface area contributed by atoms with Gasteiger partial charge in [-0.1, -0.05) is 40.5 Å². The van der Waals surface area contributed by atoms with Crippen LogP contribution in [-0.4, -0.2) is 15.9 Å². The van der Waals surface area contributed by atoms with Gasteiger partial charge in [0.05, 0.1) is 18.1 Å². The zero-order chi connectivity index (χ0) is 14.1. The summed E-state index contributed by atoms with van der Waals surface area (Å²) in [6, 6.07) is 0. The molecule has 1 aliphatic carbocycles. The van der Waals surface area contributed by atoms with E-state index in [1.807, 2.05) is 6.92 Å². The maximum absolute atomic E-state index is 12.3. The monoisotopic (exact) mass is 261 g/mol. The highest BCUT2D eigenvalue weighted by Gasteiger charge is 2.36. The first-order valence-electron chi connectivity index (χ1n) is 6.95. The van der Waals surface area contributed by atoms with Gasteiger partial charge in [0.15, 0.2) is 0 Å². The normalized spacial score (nSPS) is 18.3. The highest BCUT2D eigenvalue weighted by Crippen LogP contribution is 2.38. The van der Waals surface area contributed by atoms with Crippen LogP contribution in [0, 0.1) is 5.41 Å². The number of aromatic nitrogens is 2. The maximum atomic E-state index is 12.3. The zero-order valence-electron chi connectivity index (χ0n) is 12.3. The van der Waals surface area contributed by atoms with Crippen molar-refractivity contribution in [2.45, 2.75) is 58.8 Å².